The third-order valence-corrected chi connectivity index (χ3v) is 5.80. The average Bonchev–Trinajstić information content (AvgIpc) is 3.23. The van der Waals surface area contributed by atoms with Crippen LogP contribution in [0.2, 0.25) is 0 Å². The maximum Gasteiger partial charge on any atom is 0.191 e. The number of guanidine groups is 1. The van der Waals surface area contributed by atoms with E-state index in [2.05, 4.69) is 46.8 Å². The first-order valence-corrected chi connectivity index (χ1v) is 11.5. The number of rotatable bonds is 14. The molecule has 2 rings (SSSR count). The van der Waals surface area contributed by atoms with Crippen molar-refractivity contribution in [3.05, 3.63) is 35.4 Å². The molecule has 0 aromatic heterocycles. The molecule has 1 aliphatic rings. The van der Waals surface area contributed by atoms with Gasteiger partial charge >= 0.3 is 0 Å². The van der Waals surface area contributed by atoms with E-state index in [9.17, 15) is 0 Å². The molecule has 30 heavy (non-hydrogen) atoms. The Morgan fingerprint density at radius 3 is 2.40 bits per heavy atom. The Bertz CT molecular complexity index is 615. The molecule has 1 fully saturated rings. The Morgan fingerprint density at radius 2 is 1.67 bits per heavy atom. The minimum Gasteiger partial charge on any atom is -0.382 e. The smallest absolute Gasteiger partial charge is 0.191 e. The summed E-state index contributed by atoms with van der Waals surface area (Å²) >= 11 is 0. The van der Waals surface area contributed by atoms with E-state index in [1.165, 1.54) is 36.8 Å². The zero-order chi connectivity index (χ0) is 21.5. The lowest BCUT2D eigenvalue weighted by molar-refractivity contribution is 0.0453. The molecule has 1 aromatic carbocycles. The molecule has 6 heteroatoms. The molecular weight excluding hydrogens is 378 g/mol. The summed E-state index contributed by atoms with van der Waals surface area (Å²) in [5, 5.41) is 7.01. The first-order valence-electron chi connectivity index (χ1n) is 11.5. The van der Waals surface area contributed by atoms with Crippen molar-refractivity contribution >= 4 is 5.96 Å². The van der Waals surface area contributed by atoms with Crippen molar-refractivity contribution in [2.45, 2.75) is 59.1 Å². The van der Waals surface area contributed by atoms with Crippen LogP contribution in [-0.2, 0) is 27.4 Å². The molecule has 0 aliphatic heterocycles. The van der Waals surface area contributed by atoms with Crippen LogP contribution in [0.4, 0.5) is 0 Å². The van der Waals surface area contributed by atoms with E-state index >= 15 is 0 Å². The number of ether oxygens (including phenoxy) is 3. The molecule has 0 atom stereocenters. The first-order chi connectivity index (χ1) is 14.7. The van der Waals surface area contributed by atoms with Gasteiger partial charge in [0, 0.05) is 40.0 Å². The van der Waals surface area contributed by atoms with Gasteiger partial charge in [-0.1, -0.05) is 37.1 Å². The standard InChI is InChI=1S/C24H41N3O3/c1-4-28-14-13-24(11-6-7-12-24)20-27-23(25-3)26-18-21-9-8-10-22(17-21)19-30-16-15-29-5-2/h8-10,17H,4-7,11-16,18-20H2,1-3H3,(H2,25,26,27). The van der Waals surface area contributed by atoms with Gasteiger partial charge in [0.25, 0.3) is 0 Å². The summed E-state index contributed by atoms with van der Waals surface area (Å²) in [7, 11) is 1.83. The molecule has 6 nitrogen and oxygen atoms in total. The van der Waals surface area contributed by atoms with E-state index in [-0.39, 0.29) is 0 Å². The number of aliphatic imine (C=N–C) groups is 1. The molecule has 0 saturated heterocycles. The van der Waals surface area contributed by atoms with Gasteiger partial charge in [0.2, 0.25) is 0 Å². The second-order valence-corrected chi connectivity index (χ2v) is 8.00. The van der Waals surface area contributed by atoms with Gasteiger partial charge < -0.3 is 24.8 Å². The average molecular weight is 420 g/mol. The van der Waals surface area contributed by atoms with Gasteiger partial charge in [-0.3, -0.25) is 4.99 Å². The van der Waals surface area contributed by atoms with Gasteiger partial charge in [-0.25, -0.2) is 0 Å². The second-order valence-electron chi connectivity index (χ2n) is 8.00. The van der Waals surface area contributed by atoms with E-state index < -0.39 is 0 Å². The van der Waals surface area contributed by atoms with Crippen LogP contribution in [-0.4, -0.2) is 52.6 Å². The molecule has 1 aromatic rings. The Balaban J connectivity index is 1.77. The SMILES string of the molecule is CCOCCOCc1cccc(CNC(=NC)NCC2(CCOCC)CCCC2)c1. The molecule has 0 spiro atoms. The fraction of sp³-hybridized carbons (Fsp3) is 0.708. The van der Waals surface area contributed by atoms with Crippen molar-refractivity contribution in [3.8, 4) is 0 Å². The van der Waals surface area contributed by atoms with Crippen LogP contribution in [0.1, 0.15) is 57.1 Å². The molecule has 2 N–H and O–H groups in total. The molecule has 1 aliphatic carbocycles. The zero-order valence-electron chi connectivity index (χ0n) is 19.2. The van der Waals surface area contributed by atoms with Crippen molar-refractivity contribution in [1.29, 1.82) is 0 Å². The van der Waals surface area contributed by atoms with Gasteiger partial charge in [-0.2, -0.15) is 0 Å². The third kappa shape index (κ3) is 9.02. The highest BCUT2D eigenvalue weighted by molar-refractivity contribution is 5.79. The van der Waals surface area contributed by atoms with E-state index in [4.69, 9.17) is 14.2 Å². The summed E-state index contributed by atoms with van der Waals surface area (Å²) < 4.78 is 16.6. The normalized spacial score (nSPS) is 16.0. The molecule has 170 valence electrons. The number of hydrogen-bond donors (Lipinski definition) is 2. The van der Waals surface area contributed by atoms with E-state index in [0.717, 1.165) is 45.3 Å². The molecule has 0 heterocycles. The largest absolute Gasteiger partial charge is 0.382 e. The van der Waals surface area contributed by atoms with E-state index in [1.54, 1.807) is 0 Å². The Morgan fingerprint density at radius 1 is 0.967 bits per heavy atom. The van der Waals surface area contributed by atoms with Crippen LogP contribution in [0.5, 0.6) is 0 Å². The monoisotopic (exact) mass is 419 g/mol. The first kappa shape index (κ1) is 24.6. The fourth-order valence-electron chi connectivity index (χ4n) is 4.03. The molecule has 1 saturated carbocycles. The summed E-state index contributed by atoms with van der Waals surface area (Å²) in [6, 6.07) is 8.49. The quantitative estimate of drug-likeness (QED) is 0.272. The third-order valence-electron chi connectivity index (χ3n) is 5.80. The van der Waals surface area contributed by atoms with E-state index in [0.29, 0.717) is 25.2 Å². The van der Waals surface area contributed by atoms with E-state index in [1.807, 2.05) is 14.0 Å². The van der Waals surface area contributed by atoms with Crippen molar-refractivity contribution < 1.29 is 14.2 Å². The number of hydrogen-bond acceptors (Lipinski definition) is 4. The van der Waals surface area contributed by atoms with Crippen LogP contribution >= 0.6 is 0 Å². The number of nitrogens with one attached hydrogen (secondary N) is 2. The molecule has 0 amide bonds. The Hall–Kier alpha value is -1.63. The van der Waals surface area contributed by atoms with Crippen molar-refractivity contribution in [3.63, 3.8) is 0 Å². The minimum atomic E-state index is 0.339. The highest BCUT2D eigenvalue weighted by atomic mass is 16.5. The highest BCUT2D eigenvalue weighted by Crippen LogP contribution is 2.40. The van der Waals surface area contributed by atoms with Gasteiger partial charge in [-0.05, 0) is 49.7 Å². The summed E-state index contributed by atoms with van der Waals surface area (Å²) in [4.78, 5) is 4.42. The summed E-state index contributed by atoms with van der Waals surface area (Å²) in [6.07, 6.45) is 6.31. The lowest BCUT2D eigenvalue weighted by Gasteiger charge is -2.30. The van der Waals surface area contributed by atoms with Crippen LogP contribution in [0.3, 0.4) is 0 Å². The second kappa shape index (κ2) is 14.4. The van der Waals surface area contributed by atoms with Crippen LogP contribution in [0.15, 0.2) is 29.3 Å². The van der Waals surface area contributed by atoms with Crippen LogP contribution in [0.25, 0.3) is 0 Å². The summed E-state index contributed by atoms with van der Waals surface area (Å²) in [5.74, 6) is 0.857. The number of benzene rings is 1. The molecule has 0 radical (unpaired) electrons. The molecule has 0 bridgehead atoms. The van der Waals surface area contributed by atoms with Crippen molar-refractivity contribution in [2.75, 3.05) is 46.6 Å². The maximum atomic E-state index is 5.68. The Labute approximate surface area is 182 Å². The van der Waals surface area contributed by atoms with Gasteiger partial charge in [-0.15, -0.1) is 0 Å². The Kier molecular flexibility index (Phi) is 11.8. The van der Waals surface area contributed by atoms with Crippen molar-refractivity contribution in [1.82, 2.24) is 10.6 Å². The predicted molar refractivity (Wildman–Crippen MR) is 123 cm³/mol. The fourth-order valence-corrected chi connectivity index (χ4v) is 4.03. The van der Waals surface area contributed by atoms with Crippen molar-refractivity contribution in [2.24, 2.45) is 10.4 Å². The lowest BCUT2D eigenvalue weighted by atomic mass is 9.83. The molecule has 0 unspecified atom stereocenters. The molecular formula is C24H41N3O3. The maximum absolute atomic E-state index is 5.68. The zero-order valence-corrected chi connectivity index (χ0v) is 19.2. The van der Waals surface area contributed by atoms with Crippen LogP contribution in [0, 0.1) is 5.41 Å². The van der Waals surface area contributed by atoms with Gasteiger partial charge in [0.15, 0.2) is 5.96 Å². The minimum absolute atomic E-state index is 0.339. The summed E-state index contributed by atoms with van der Waals surface area (Å²) in [5.41, 5.74) is 2.73. The van der Waals surface area contributed by atoms with Gasteiger partial charge in [0.1, 0.15) is 0 Å². The highest BCUT2D eigenvalue weighted by Gasteiger charge is 2.33. The van der Waals surface area contributed by atoms with Gasteiger partial charge in [0.05, 0.1) is 19.8 Å². The number of nitrogens with zero attached hydrogens (tertiary/aromatic N) is 1. The van der Waals surface area contributed by atoms with Crippen LogP contribution < -0.4 is 10.6 Å². The summed E-state index contributed by atoms with van der Waals surface area (Å²) in [6.45, 7) is 9.99. The lowest BCUT2D eigenvalue weighted by Crippen LogP contribution is -2.43. The topological polar surface area (TPSA) is 64.1 Å². The predicted octanol–water partition coefficient (Wildman–Crippen LogP) is 3.89.